The average Bonchev–Trinajstić information content (AvgIpc) is 2.88. The molecule has 22 heavy (non-hydrogen) atoms. The number of nitrogens with zero attached hydrogens (tertiary/aromatic N) is 2. The van der Waals surface area contributed by atoms with E-state index in [0.717, 1.165) is 43.6 Å². The van der Waals surface area contributed by atoms with Crippen molar-refractivity contribution in [3.8, 4) is 11.1 Å². The molecule has 0 aliphatic heterocycles. The Bertz CT molecular complexity index is 702. The van der Waals surface area contributed by atoms with E-state index in [2.05, 4.69) is 40.4 Å². The first-order valence-electron chi connectivity index (χ1n) is 8.16. The molecule has 0 atom stereocenters. The summed E-state index contributed by atoms with van der Waals surface area (Å²) in [4.78, 5) is 9.03. The summed E-state index contributed by atoms with van der Waals surface area (Å²) in [6, 6.07) is 7.50. The maximum atomic E-state index is 6.00. The Kier molecular flexibility index (Phi) is 3.34. The summed E-state index contributed by atoms with van der Waals surface area (Å²) >= 11 is 0. The number of fused-ring (bicyclic) bond motifs is 3. The second-order valence-electron chi connectivity index (χ2n) is 6.64. The van der Waals surface area contributed by atoms with Gasteiger partial charge < -0.3 is 11.1 Å². The van der Waals surface area contributed by atoms with E-state index in [0.29, 0.717) is 12.1 Å². The van der Waals surface area contributed by atoms with Crippen LogP contribution in [0.3, 0.4) is 0 Å². The number of nitrogens with two attached hydrogens (primary N) is 1. The van der Waals surface area contributed by atoms with Gasteiger partial charge >= 0.3 is 0 Å². The maximum Gasteiger partial charge on any atom is 0.137 e. The van der Waals surface area contributed by atoms with E-state index in [1.54, 1.807) is 6.33 Å². The van der Waals surface area contributed by atoms with Gasteiger partial charge in [-0.25, -0.2) is 9.97 Å². The molecule has 1 aromatic heterocycles. The highest BCUT2D eigenvalue weighted by molar-refractivity contribution is 5.84. The zero-order valence-electron chi connectivity index (χ0n) is 13.0. The van der Waals surface area contributed by atoms with Crippen LogP contribution in [0.1, 0.15) is 42.5 Å². The lowest BCUT2D eigenvalue weighted by molar-refractivity contribution is 0.410. The monoisotopic (exact) mass is 294 g/mol. The first-order valence-corrected chi connectivity index (χ1v) is 8.16. The normalized spacial score (nSPS) is 23.0. The lowest BCUT2D eigenvalue weighted by Gasteiger charge is -2.27. The Morgan fingerprint density at radius 1 is 1.14 bits per heavy atom. The van der Waals surface area contributed by atoms with E-state index in [9.17, 15) is 0 Å². The Hall–Kier alpha value is -1.94. The second kappa shape index (κ2) is 5.36. The summed E-state index contributed by atoms with van der Waals surface area (Å²) in [7, 11) is 0. The fraction of sp³-hybridized carbons (Fsp3) is 0.444. The van der Waals surface area contributed by atoms with Gasteiger partial charge in [0.2, 0.25) is 0 Å². The summed E-state index contributed by atoms with van der Waals surface area (Å²) in [5.74, 6) is 0.994. The molecule has 3 N–H and O–H groups in total. The van der Waals surface area contributed by atoms with Crippen LogP contribution in [0.15, 0.2) is 24.5 Å². The molecule has 4 heteroatoms. The number of hydrogen-bond acceptors (Lipinski definition) is 4. The van der Waals surface area contributed by atoms with Crippen LogP contribution in [-0.2, 0) is 6.42 Å². The zero-order chi connectivity index (χ0) is 15.1. The summed E-state index contributed by atoms with van der Waals surface area (Å²) in [6.45, 7) is 2.14. The molecular formula is C18H22N4. The standard InChI is InChI=1S/C18H22N4/c1-11-2-7-15-12(8-11)9-16-17(15)18(21-10-20-16)22-14-5-3-13(19)4-6-14/h2,7-8,10,13-14H,3-6,9,19H2,1H3,(H,20,21,22). The maximum absolute atomic E-state index is 6.00. The molecule has 0 bridgehead atoms. The zero-order valence-corrected chi connectivity index (χ0v) is 13.0. The number of aromatic nitrogens is 2. The van der Waals surface area contributed by atoms with Gasteiger partial charge in [-0.1, -0.05) is 23.8 Å². The van der Waals surface area contributed by atoms with Crippen molar-refractivity contribution in [2.75, 3.05) is 5.32 Å². The third-order valence-corrected chi connectivity index (χ3v) is 4.93. The summed E-state index contributed by atoms with van der Waals surface area (Å²) < 4.78 is 0. The molecule has 0 spiro atoms. The number of benzene rings is 1. The quantitative estimate of drug-likeness (QED) is 0.762. The fourth-order valence-corrected chi connectivity index (χ4v) is 3.70. The van der Waals surface area contributed by atoms with Crippen molar-refractivity contribution >= 4 is 5.82 Å². The van der Waals surface area contributed by atoms with Crippen molar-refractivity contribution in [2.24, 2.45) is 5.73 Å². The molecule has 114 valence electrons. The van der Waals surface area contributed by atoms with Crippen molar-refractivity contribution < 1.29 is 0 Å². The van der Waals surface area contributed by atoms with Crippen molar-refractivity contribution in [2.45, 2.75) is 51.1 Å². The SMILES string of the molecule is Cc1ccc2c(c1)Cc1ncnc(NC3CCC(N)CC3)c1-2. The number of nitrogens with one attached hydrogen (secondary N) is 1. The van der Waals surface area contributed by atoms with E-state index in [1.165, 1.54) is 22.3 Å². The van der Waals surface area contributed by atoms with Crippen molar-refractivity contribution in [1.82, 2.24) is 9.97 Å². The Morgan fingerprint density at radius 3 is 2.77 bits per heavy atom. The molecule has 2 aliphatic carbocycles. The van der Waals surface area contributed by atoms with Crippen LogP contribution in [0.2, 0.25) is 0 Å². The van der Waals surface area contributed by atoms with Crippen LogP contribution < -0.4 is 11.1 Å². The van der Waals surface area contributed by atoms with Gasteiger partial charge in [0.25, 0.3) is 0 Å². The Morgan fingerprint density at radius 2 is 1.95 bits per heavy atom. The highest BCUT2D eigenvalue weighted by Gasteiger charge is 2.26. The fourth-order valence-electron chi connectivity index (χ4n) is 3.70. The van der Waals surface area contributed by atoms with E-state index in [-0.39, 0.29) is 0 Å². The molecule has 1 aromatic carbocycles. The summed E-state index contributed by atoms with van der Waals surface area (Å²) in [5, 5.41) is 3.65. The highest BCUT2D eigenvalue weighted by atomic mass is 15.0. The number of aryl methyl sites for hydroxylation is 1. The molecule has 0 amide bonds. The van der Waals surface area contributed by atoms with E-state index >= 15 is 0 Å². The minimum atomic E-state index is 0.373. The minimum Gasteiger partial charge on any atom is -0.367 e. The van der Waals surface area contributed by atoms with Crippen LogP contribution in [0.4, 0.5) is 5.82 Å². The highest BCUT2D eigenvalue weighted by Crippen LogP contribution is 2.40. The molecule has 2 aromatic rings. The van der Waals surface area contributed by atoms with Crippen molar-refractivity contribution in [1.29, 1.82) is 0 Å². The molecule has 1 saturated carbocycles. The Balaban J connectivity index is 1.66. The van der Waals surface area contributed by atoms with Crippen LogP contribution in [-0.4, -0.2) is 22.1 Å². The van der Waals surface area contributed by atoms with Gasteiger partial charge in [-0.2, -0.15) is 0 Å². The first kappa shape index (κ1) is 13.7. The topological polar surface area (TPSA) is 63.8 Å². The summed E-state index contributed by atoms with van der Waals surface area (Å²) in [5.41, 5.74) is 12.3. The number of hydrogen-bond donors (Lipinski definition) is 2. The molecule has 0 saturated heterocycles. The van der Waals surface area contributed by atoms with Gasteiger partial charge in [-0.3, -0.25) is 0 Å². The summed E-state index contributed by atoms with van der Waals surface area (Å²) in [6.07, 6.45) is 7.05. The molecule has 2 aliphatic rings. The van der Waals surface area contributed by atoms with Crippen LogP contribution in [0.25, 0.3) is 11.1 Å². The molecule has 1 heterocycles. The lowest BCUT2D eigenvalue weighted by atomic mass is 9.91. The van der Waals surface area contributed by atoms with E-state index < -0.39 is 0 Å². The molecule has 1 fully saturated rings. The Labute approximate surface area is 131 Å². The van der Waals surface area contributed by atoms with Gasteiger partial charge in [-0.05, 0) is 43.7 Å². The molecular weight excluding hydrogens is 272 g/mol. The van der Waals surface area contributed by atoms with Crippen LogP contribution in [0, 0.1) is 6.92 Å². The van der Waals surface area contributed by atoms with Gasteiger partial charge in [0.1, 0.15) is 12.1 Å². The molecule has 4 rings (SSSR count). The number of rotatable bonds is 2. The minimum absolute atomic E-state index is 0.373. The second-order valence-corrected chi connectivity index (χ2v) is 6.64. The van der Waals surface area contributed by atoms with Crippen LogP contribution in [0.5, 0.6) is 0 Å². The predicted molar refractivity (Wildman–Crippen MR) is 88.9 cm³/mol. The van der Waals surface area contributed by atoms with Gasteiger partial charge in [0.05, 0.1) is 5.69 Å². The van der Waals surface area contributed by atoms with Crippen molar-refractivity contribution in [3.63, 3.8) is 0 Å². The average molecular weight is 294 g/mol. The van der Waals surface area contributed by atoms with Crippen LogP contribution >= 0.6 is 0 Å². The molecule has 0 unspecified atom stereocenters. The van der Waals surface area contributed by atoms with E-state index in [4.69, 9.17) is 5.73 Å². The van der Waals surface area contributed by atoms with Gasteiger partial charge in [0, 0.05) is 24.1 Å². The first-order chi connectivity index (χ1) is 10.7. The largest absolute Gasteiger partial charge is 0.367 e. The molecule has 4 nitrogen and oxygen atoms in total. The molecule has 0 radical (unpaired) electrons. The van der Waals surface area contributed by atoms with Gasteiger partial charge in [0.15, 0.2) is 0 Å². The third-order valence-electron chi connectivity index (χ3n) is 4.93. The van der Waals surface area contributed by atoms with Gasteiger partial charge in [-0.15, -0.1) is 0 Å². The number of anilines is 1. The lowest BCUT2D eigenvalue weighted by Crippen LogP contribution is -2.33. The van der Waals surface area contributed by atoms with Crippen molar-refractivity contribution in [3.05, 3.63) is 41.3 Å². The smallest absolute Gasteiger partial charge is 0.137 e. The third kappa shape index (κ3) is 2.37. The van der Waals surface area contributed by atoms with E-state index in [1.807, 2.05) is 0 Å². The predicted octanol–water partition coefficient (Wildman–Crippen LogP) is 3.04.